The van der Waals surface area contributed by atoms with E-state index < -0.39 is 12.0 Å². The molecule has 0 aliphatic rings. The number of carbonyl (C=O) groups is 1. The molecule has 0 radical (unpaired) electrons. The number of ether oxygens (including phenoxy) is 1. The van der Waals surface area contributed by atoms with Crippen LogP contribution in [0.4, 0.5) is 10.1 Å². The first-order chi connectivity index (χ1) is 14.0. The fraction of sp³-hybridized carbons (Fsp3) is 0.158. The van der Waals surface area contributed by atoms with E-state index in [-0.39, 0.29) is 14.3 Å². The van der Waals surface area contributed by atoms with Crippen LogP contribution in [0.1, 0.15) is 16.1 Å². The number of aromatic nitrogens is 5. The monoisotopic (exact) mass is 412 g/mol. The molecule has 0 bridgehead atoms. The lowest BCUT2D eigenvalue weighted by Crippen LogP contribution is -2.14. The number of hydrogen-bond acceptors (Lipinski definition) is 5. The molecule has 148 valence electrons. The molecule has 0 aliphatic carbocycles. The number of anilines is 1. The summed E-state index contributed by atoms with van der Waals surface area (Å²) in [4.78, 5) is 24.1. The molecule has 10 heteroatoms. The van der Waals surface area contributed by atoms with Crippen LogP contribution in [0.15, 0.2) is 42.9 Å². The second kappa shape index (κ2) is 7.97. The Morgan fingerprint density at radius 3 is 3.00 bits per heavy atom. The Morgan fingerprint density at radius 1 is 1.31 bits per heavy atom. The highest BCUT2D eigenvalue weighted by Gasteiger charge is 2.19. The first-order valence-corrected chi connectivity index (χ1v) is 10.4. The number of H-pyrrole nitrogens is 2. The molecule has 0 saturated heterocycles. The molecule has 0 fully saturated rings. The molecule has 2 unspecified atom stereocenters. The highest BCUT2D eigenvalue weighted by Crippen LogP contribution is 2.36. The first kappa shape index (κ1) is 19.0. The van der Waals surface area contributed by atoms with Crippen LogP contribution in [0.5, 0.6) is 5.75 Å². The third kappa shape index (κ3) is 3.95. The minimum atomic E-state index is -1.40. The van der Waals surface area contributed by atoms with Gasteiger partial charge in [-0.25, -0.2) is 9.97 Å². The number of aromatic amines is 2. The molecule has 4 aromatic rings. The van der Waals surface area contributed by atoms with Gasteiger partial charge in [0.25, 0.3) is 12.0 Å². The average molecular weight is 412 g/mol. The summed E-state index contributed by atoms with van der Waals surface area (Å²) in [7, 11) is -0.0172. The van der Waals surface area contributed by atoms with Gasteiger partial charge >= 0.3 is 0 Å². The third-order valence-corrected chi connectivity index (χ3v) is 4.81. The Labute approximate surface area is 167 Å². The van der Waals surface area contributed by atoms with E-state index in [4.69, 9.17) is 4.74 Å². The maximum absolute atomic E-state index is 13.8. The second-order valence-corrected chi connectivity index (χ2v) is 7.33. The molecule has 3 N–H and O–H groups in total. The molecule has 1 amide bonds. The summed E-state index contributed by atoms with van der Waals surface area (Å²) in [6, 6.07) is 7.12. The summed E-state index contributed by atoms with van der Waals surface area (Å²) in [5.41, 5.74) is 3.86. The Balaban J connectivity index is 1.65. The lowest BCUT2D eigenvalue weighted by molar-refractivity contribution is 0.102. The lowest BCUT2D eigenvalue weighted by atomic mass is 10.1. The molecule has 3 aromatic heterocycles. The highest BCUT2D eigenvalue weighted by molar-refractivity contribution is 7.37. The van der Waals surface area contributed by atoms with Crippen LogP contribution in [0.2, 0.25) is 0 Å². The largest absolute Gasteiger partial charge is 0.456 e. The third-order valence-electron chi connectivity index (χ3n) is 4.24. The van der Waals surface area contributed by atoms with E-state index in [2.05, 4.69) is 30.5 Å². The minimum absolute atomic E-state index is 0.0172. The van der Waals surface area contributed by atoms with Gasteiger partial charge in [0, 0.05) is 11.8 Å². The molecule has 1 aromatic carbocycles. The maximum Gasteiger partial charge on any atom is 0.275 e. The summed E-state index contributed by atoms with van der Waals surface area (Å²) in [6.07, 6.45) is 3.18. The Hall–Kier alpha value is -3.32. The molecular formula is C19H18FN6O2P. The maximum atomic E-state index is 13.8. The predicted octanol–water partition coefficient (Wildman–Crippen LogP) is 3.85. The fourth-order valence-electron chi connectivity index (χ4n) is 2.82. The zero-order valence-electron chi connectivity index (χ0n) is 15.7. The number of alkyl halides is 1. The fourth-order valence-corrected chi connectivity index (χ4v) is 3.07. The number of aryl methyl sites for hydroxylation is 1. The van der Waals surface area contributed by atoms with E-state index in [1.54, 1.807) is 25.0 Å². The van der Waals surface area contributed by atoms with Gasteiger partial charge in [-0.05, 0) is 40.4 Å². The summed E-state index contributed by atoms with van der Waals surface area (Å²) in [6.45, 7) is 3.64. The zero-order chi connectivity index (χ0) is 20.4. The SMILES string of the molecule is CPC(F)Oc1ccc(C)cc1-c1[nH]ncc1NC(=O)c1cnc2[nH]ccc2n1. The summed E-state index contributed by atoms with van der Waals surface area (Å²) < 4.78 is 19.3. The normalized spacial score (nSPS) is 12.5. The van der Waals surface area contributed by atoms with Gasteiger partial charge in [0.15, 0.2) is 5.65 Å². The summed E-state index contributed by atoms with van der Waals surface area (Å²) in [5, 5.41) is 9.67. The number of fused-ring (bicyclic) bond motifs is 1. The van der Waals surface area contributed by atoms with Crippen molar-refractivity contribution in [2.45, 2.75) is 13.0 Å². The molecule has 2 atom stereocenters. The van der Waals surface area contributed by atoms with Gasteiger partial charge in [-0.15, -0.1) is 0 Å². The van der Waals surface area contributed by atoms with Crippen molar-refractivity contribution in [2.75, 3.05) is 12.0 Å². The van der Waals surface area contributed by atoms with Gasteiger partial charge in [0.1, 0.15) is 17.0 Å². The van der Waals surface area contributed by atoms with Crippen LogP contribution in [-0.2, 0) is 0 Å². The number of hydrogen-bond donors (Lipinski definition) is 3. The topological polar surface area (TPSA) is 109 Å². The van der Waals surface area contributed by atoms with Gasteiger partial charge in [0.2, 0.25) is 0 Å². The molecule has 4 rings (SSSR count). The van der Waals surface area contributed by atoms with Gasteiger partial charge < -0.3 is 15.0 Å². The second-order valence-electron chi connectivity index (χ2n) is 6.30. The molecule has 8 nitrogen and oxygen atoms in total. The van der Waals surface area contributed by atoms with Crippen LogP contribution in [-0.4, -0.2) is 43.8 Å². The van der Waals surface area contributed by atoms with Crippen molar-refractivity contribution in [1.29, 1.82) is 0 Å². The number of nitrogens with one attached hydrogen (secondary N) is 3. The van der Waals surface area contributed by atoms with Crippen LogP contribution in [0, 0.1) is 6.92 Å². The predicted molar refractivity (Wildman–Crippen MR) is 110 cm³/mol. The van der Waals surface area contributed by atoms with Crippen molar-refractivity contribution < 1.29 is 13.9 Å². The van der Waals surface area contributed by atoms with Crippen LogP contribution in [0.25, 0.3) is 22.4 Å². The lowest BCUT2D eigenvalue weighted by Gasteiger charge is -2.15. The number of halogens is 1. The average Bonchev–Trinajstić information content (AvgIpc) is 3.37. The highest BCUT2D eigenvalue weighted by atomic mass is 31.1. The van der Waals surface area contributed by atoms with E-state index >= 15 is 0 Å². The van der Waals surface area contributed by atoms with Crippen LogP contribution in [0.3, 0.4) is 0 Å². The Bertz CT molecular complexity index is 1170. The zero-order valence-corrected chi connectivity index (χ0v) is 16.7. The molecule has 0 aliphatic heterocycles. The number of carbonyl (C=O) groups excluding carboxylic acids is 1. The van der Waals surface area contributed by atoms with Crippen molar-refractivity contribution in [3.05, 3.63) is 54.1 Å². The van der Waals surface area contributed by atoms with Gasteiger partial charge in [-0.2, -0.15) is 9.49 Å². The van der Waals surface area contributed by atoms with Crippen molar-refractivity contribution in [2.24, 2.45) is 0 Å². The van der Waals surface area contributed by atoms with Crippen molar-refractivity contribution in [1.82, 2.24) is 25.1 Å². The Morgan fingerprint density at radius 2 is 2.17 bits per heavy atom. The van der Waals surface area contributed by atoms with Crippen molar-refractivity contribution in [3.63, 3.8) is 0 Å². The van der Waals surface area contributed by atoms with Gasteiger partial charge in [-0.1, -0.05) is 11.6 Å². The van der Waals surface area contributed by atoms with Crippen LogP contribution < -0.4 is 10.1 Å². The number of rotatable bonds is 6. The summed E-state index contributed by atoms with van der Waals surface area (Å²) in [5.74, 6) is -0.0671. The summed E-state index contributed by atoms with van der Waals surface area (Å²) >= 11 is 0. The van der Waals surface area contributed by atoms with Gasteiger partial charge in [-0.3, -0.25) is 9.89 Å². The Kier molecular flexibility index (Phi) is 5.22. The quantitative estimate of drug-likeness (QED) is 0.417. The minimum Gasteiger partial charge on any atom is -0.456 e. The number of nitrogens with zero attached hydrogens (tertiary/aromatic N) is 3. The smallest absolute Gasteiger partial charge is 0.275 e. The molecule has 3 heterocycles. The number of amides is 1. The molecular weight excluding hydrogens is 394 g/mol. The van der Waals surface area contributed by atoms with Crippen molar-refractivity contribution in [3.8, 4) is 17.0 Å². The van der Waals surface area contributed by atoms with E-state index in [1.807, 2.05) is 19.1 Å². The van der Waals surface area contributed by atoms with Gasteiger partial charge in [0.05, 0.1) is 23.8 Å². The molecule has 29 heavy (non-hydrogen) atoms. The van der Waals surface area contributed by atoms with Crippen LogP contribution >= 0.6 is 8.58 Å². The number of benzene rings is 1. The van der Waals surface area contributed by atoms with E-state index in [0.29, 0.717) is 33.9 Å². The van der Waals surface area contributed by atoms with Crippen molar-refractivity contribution >= 4 is 31.3 Å². The van der Waals surface area contributed by atoms with E-state index in [1.165, 1.54) is 12.4 Å². The standard InChI is InChI=1S/C19H18FN6O2P/c1-10-3-4-15(28-19(20)29-2)11(7-10)16-13(9-23-26-16)25-18(27)14-8-22-17-12(24-14)5-6-21-17/h3-9,19,29H,1-2H3,(H,21,22)(H,23,26)(H,25,27). The molecule has 0 spiro atoms. The first-order valence-electron chi connectivity index (χ1n) is 8.79. The van der Waals surface area contributed by atoms with E-state index in [0.717, 1.165) is 5.56 Å². The molecule has 0 saturated carbocycles. The van der Waals surface area contributed by atoms with E-state index in [9.17, 15) is 9.18 Å².